The summed E-state index contributed by atoms with van der Waals surface area (Å²) in [6.07, 6.45) is 7.51. The topological polar surface area (TPSA) is 54.2 Å². The van der Waals surface area contributed by atoms with Gasteiger partial charge in [0, 0.05) is 24.3 Å². The molecule has 5 heteroatoms. The van der Waals surface area contributed by atoms with Gasteiger partial charge in [0.1, 0.15) is 4.99 Å². The summed E-state index contributed by atoms with van der Waals surface area (Å²) in [5.41, 5.74) is 7.53. The molecule has 0 aliphatic carbocycles. The second kappa shape index (κ2) is 6.82. The number of nitrogens with zero attached hydrogens (tertiary/aromatic N) is 2. The number of rotatable bonds is 5. The lowest BCUT2D eigenvalue weighted by Crippen LogP contribution is -2.38. The number of likely N-dealkylation sites (tertiary alicyclic amines) is 1. The van der Waals surface area contributed by atoms with Crippen LogP contribution in [0.2, 0.25) is 0 Å². The highest BCUT2D eigenvalue weighted by Crippen LogP contribution is 2.15. The second-order valence-electron chi connectivity index (χ2n) is 5.19. The molecule has 0 spiro atoms. The summed E-state index contributed by atoms with van der Waals surface area (Å²) >= 11 is 5.06. The van der Waals surface area contributed by atoms with Crippen LogP contribution < -0.4 is 11.1 Å². The highest BCUT2D eigenvalue weighted by atomic mass is 32.1. The van der Waals surface area contributed by atoms with Crippen LogP contribution in [0.4, 0.5) is 5.69 Å². The van der Waals surface area contributed by atoms with Crippen LogP contribution in [0, 0.1) is 0 Å². The fraction of sp³-hybridized carbons (Fsp3) is 0.571. The van der Waals surface area contributed by atoms with Crippen LogP contribution >= 0.6 is 12.2 Å². The lowest BCUT2D eigenvalue weighted by atomic mass is 10.1. The standard InChI is InChI=1S/C14H22N4S/c1-11(10-18-7-3-2-4-8-18)17-13-9-16-6-5-12(13)14(15)19/h5-6,9,11,17H,2-4,7-8,10H2,1H3,(H2,15,19). The Morgan fingerprint density at radius 2 is 2.21 bits per heavy atom. The molecular formula is C14H22N4S. The van der Waals surface area contributed by atoms with Crippen molar-refractivity contribution in [3.05, 3.63) is 24.0 Å². The zero-order chi connectivity index (χ0) is 13.7. The van der Waals surface area contributed by atoms with Crippen molar-refractivity contribution in [2.45, 2.75) is 32.2 Å². The van der Waals surface area contributed by atoms with Crippen LogP contribution in [0.25, 0.3) is 0 Å². The van der Waals surface area contributed by atoms with Gasteiger partial charge in [-0.05, 0) is 38.9 Å². The Kier molecular flexibility index (Phi) is 5.10. The molecule has 0 amide bonds. The van der Waals surface area contributed by atoms with Crippen molar-refractivity contribution >= 4 is 22.9 Å². The summed E-state index contributed by atoms with van der Waals surface area (Å²) in [6, 6.07) is 2.22. The molecule has 2 rings (SSSR count). The van der Waals surface area contributed by atoms with E-state index in [4.69, 9.17) is 18.0 Å². The predicted octanol–water partition coefficient (Wildman–Crippen LogP) is 2.00. The number of anilines is 1. The van der Waals surface area contributed by atoms with Gasteiger partial charge in [-0.25, -0.2) is 0 Å². The van der Waals surface area contributed by atoms with E-state index >= 15 is 0 Å². The largest absolute Gasteiger partial charge is 0.389 e. The average Bonchev–Trinajstić information content (AvgIpc) is 2.40. The summed E-state index contributed by atoms with van der Waals surface area (Å²) in [4.78, 5) is 7.06. The van der Waals surface area contributed by atoms with Crippen molar-refractivity contribution in [2.75, 3.05) is 25.0 Å². The van der Waals surface area contributed by atoms with Gasteiger partial charge in [-0.15, -0.1) is 0 Å². The van der Waals surface area contributed by atoms with E-state index < -0.39 is 0 Å². The molecule has 0 radical (unpaired) electrons. The van der Waals surface area contributed by atoms with Crippen molar-refractivity contribution in [3.63, 3.8) is 0 Å². The fourth-order valence-electron chi connectivity index (χ4n) is 2.56. The maximum absolute atomic E-state index is 5.73. The summed E-state index contributed by atoms with van der Waals surface area (Å²) in [5.74, 6) is 0. The van der Waals surface area contributed by atoms with Gasteiger partial charge in [0.25, 0.3) is 0 Å². The van der Waals surface area contributed by atoms with E-state index in [2.05, 4.69) is 22.1 Å². The van der Waals surface area contributed by atoms with Crippen LogP contribution in [-0.4, -0.2) is 40.5 Å². The lowest BCUT2D eigenvalue weighted by Gasteiger charge is -2.30. The van der Waals surface area contributed by atoms with Crippen LogP contribution in [0.1, 0.15) is 31.7 Å². The zero-order valence-corrected chi connectivity index (χ0v) is 12.2. The second-order valence-corrected chi connectivity index (χ2v) is 5.63. The first-order valence-corrected chi connectivity index (χ1v) is 7.30. The molecule has 19 heavy (non-hydrogen) atoms. The van der Waals surface area contributed by atoms with E-state index in [1.807, 2.05) is 6.07 Å². The van der Waals surface area contributed by atoms with Gasteiger partial charge in [-0.3, -0.25) is 4.98 Å². The minimum absolute atomic E-state index is 0.357. The molecule has 0 aromatic carbocycles. The monoisotopic (exact) mass is 278 g/mol. The van der Waals surface area contributed by atoms with Crippen molar-refractivity contribution in [2.24, 2.45) is 5.73 Å². The first-order chi connectivity index (χ1) is 9.16. The predicted molar refractivity (Wildman–Crippen MR) is 83.5 cm³/mol. The summed E-state index contributed by atoms with van der Waals surface area (Å²) in [6.45, 7) is 5.65. The Hall–Kier alpha value is -1.20. The third-order valence-electron chi connectivity index (χ3n) is 3.47. The Labute approximate surface area is 120 Å². The Morgan fingerprint density at radius 3 is 2.89 bits per heavy atom. The first-order valence-electron chi connectivity index (χ1n) is 6.89. The van der Waals surface area contributed by atoms with E-state index in [9.17, 15) is 0 Å². The summed E-state index contributed by atoms with van der Waals surface area (Å²) in [7, 11) is 0. The van der Waals surface area contributed by atoms with Crippen LogP contribution in [0.5, 0.6) is 0 Å². The minimum Gasteiger partial charge on any atom is -0.389 e. The van der Waals surface area contributed by atoms with Gasteiger partial charge in [-0.2, -0.15) is 0 Å². The third kappa shape index (κ3) is 4.14. The van der Waals surface area contributed by atoms with Gasteiger partial charge < -0.3 is 16.0 Å². The Balaban J connectivity index is 1.94. The number of nitrogens with two attached hydrogens (primary N) is 1. The smallest absolute Gasteiger partial charge is 0.106 e. The van der Waals surface area contributed by atoms with E-state index in [1.54, 1.807) is 12.4 Å². The molecule has 1 aliphatic rings. The van der Waals surface area contributed by atoms with E-state index in [-0.39, 0.29) is 0 Å². The Bertz CT molecular complexity index is 429. The van der Waals surface area contributed by atoms with E-state index in [1.165, 1.54) is 32.4 Å². The van der Waals surface area contributed by atoms with Crippen molar-refractivity contribution in [1.29, 1.82) is 0 Å². The molecule has 1 aliphatic heterocycles. The maximum atomic E-state index is 5.73. The van der Waals surface area contributed by atoms with Crippen LogP contribution in [0.15, 0.2) is 18.5 Å². The molecular weight excluding hydrogens is 256 g/mol. The number of piperidine rings is 1. The quantitative estimate of drug-likeness (QED) is 0.807. The highest BCUT2D eigenvalue weighted by molar-refractivity contribution is 7.80. The van der Waals surface area contributed by atoms with E-state index in [0.717, 1.165) is 17.8 Å². The molecule has 1 aromatic heterocycles. The molecule has 104 valence electrons. The normalized spacial score (nSPS) is 17.9. The maximum Gasteiger partial charge on any atom is 0.106 e. The number of hydrogen-bond donors (Lipinski definition) is 2. The van der Waals surface area contributed by atoms with Gasteiger partial charge in [-0.1, -0.05) is 18.6 Å². The van der Waals surface area contributed by atoms with E-state index in [0.29, 0.717) is 11.0 Å². The average molecular weight is 278 g/mol. The molecule has 1 fully saturated rings. The molecule has 1 atom stereocenters. The highest BCUT2D eigenvalue weighted by Gasteiger charge is 2.14. The van der Waals surface area contributed by atoms with Gasteiger partial charge in [0.15, 0.2) is 0 Å². The van der Waals surface area contributed by atoms with Gasteiger partial charge in [0.05, 0.1) is 11.9 Å². The first kappa shape index (κ1) is 14.2. The molecule has 0 saturated carbocycles. The lowest BCUT2D eigenvalue weighted by molar-refractivity contribution is 0.223. The molecule has 0 bridgehead atoms. The third-order valence-corrected chi connectivity index (χ3v) is 3.69. The van der Waals surface area contributed by atoms with Crippen molar-refractivity contribution in [3.8, 4) is 0 Å². The molecule has 1 saturated heterocycles. The van der Waals surface area contributed by atoms with Gasteiger partial charge in [0.2, 0.25) is 0 Å². The van der Waals surface area contributed by atoms with Gasteiger partial charge >= 0.3 is 0 Å². The SMILES string of the molecule is CC(CN1CCCCC1)Nc1cnccc1C(N)=S. The number of nitrogens with one attached hydrogen (secondary N) is 1. The number of thiocarbonyl (C=S) groups is 1. The van der Waals surface area contributed by atoms with Crippen LogP contribution in [0.3, 0.4) is 0 Å². The molecule has 4 nitrogen and oxygen atoms in total. The zero-order valence-electron chi connectivity index (χ0n) is 11.4. The van der Waals surface area contributed by atoms with Crippen LogP contribution in [-0.2, 0) is 0 Å². The molecule has 1 unspecified atom stereocenters. The van der Waals surface area contributed by atoms with Crippen molar-refractivity contribution < 1.29 is 0 Å². The summed E-state index contributed by atoms with van der Waals surface area (Å²) in [5, 5.41) is 3.47. The summed E-state index contributed by atoms with van der Waals surface area (Å²) < 4.78 is 0. The molecule has 2 heterocycles. The number of pyridine rings is 1. The number of aromatic nitrogens is 1. The minimum atomic E-state index is 0.357. The Morgan fingerprint density at radius 1 is 1.47 bits per heavy atom. The molecule has 1 aromatic rings. The fourth-order valence-corrected chi connectivity index (χ4v) is 2.74. The van der Waals surface area contributed by atoms with Crippen molar-refractivity contribution in [1.82, 2.24) is 9.88 Å². The molecule has 3 N–H and O–H groups in total. The number of hydrogen-bond acceptors (Lipinski definition) is 4.